The monoisotopic (exact) mass is 452 g/mol. The molecule has 0 spiro atoms. The summed E-state index contributed by atoms with van der Waals surface area (Å²) in [6.45, 7) is 0.758. The van der Waals surface area contributed by atoms with Crippen molar-refractivity contribution in [2.75, 3.05) is 6.54 Å². The molecule has 1 aliphatic rings. The van der Waals surface area contributed by atoms with Gasteiger partial charge in [-0.25, -0.2) is 9.18 Å². The van der Waals surface area contributed by atoms with E-state index in [0.717, 1.165) is 12.1 Å². The number of carbonyl (C=O) groups excluding carboxylic acids is 1. The number of nitrogens with one attached hydrogen (secondary N) is 1. The molecule has 5 nitrogen and oxygen atoms in total. The van der Waals surface area contributed by atoms with Crippen LogP contribution in [-0.2, 0) is 9.59 Å². The fourth-order valence-electron chi connectivity index (χ4n) is 3.20. The predicted molar refractivity (Wildman–Crippen MR) is 112 cm³/mol. The highest BCUT2D eigenvalue weighted by Gasteiger charge is 2.38. The molecule has 2 aromatic rings. The van der Waals surface area contributed by atoms with Crippen LogP contribution < -0.4 is 5.32 Å². The maximum Gasteiger partial charge on any atom is 0.490 e. The maximum atomic E-state index is 13.8. The first-order valence-corrected chi connectivity index (χ1v) is 10.1. The van der Waals surface area contributed by atoms with Crippen LogP contribution in [0, 0.1) is 11.7 Å². The van der Waals surface area contributed by atoms with Gasteiger partial charge < -0.3 is 10.4 Å². The Kier molecular flexibility index (Phi) is 9.37. The Bertz CT molecular complexity index is 922. The van der Waals surface area contributed by atoms with Crippen LogP contribution in [0.5, 0.6) is 0 Å². The van der Waals surface area contributed by atoms with Crippen molar-refractivity contribution in [3.63, 3.8) is 0 Å². The summed E-state index contributed by atoms with van der Waals surface area (Å²) in [7, 11) is 0. The topological polar surface area (TPSA) is 79.3 Å². The van der Waals surface area contributed by atoms with Gasteiger partial charge in [0.1, 0.15) is 5.82 Å². The van der Waals surface area contributed by atoms with E-state index in [1.54, 1.807) is 36.5 Å². The first-order chi connectivity index (χ1) is 15.2. The minimum atomic E-state index is -5.08. The van der Waals surface area contributed by atoms with E-state index in [2.05, 4.69) is 10.3 Å². The number of carboxylic acid groups (broad SMARTS) is 1. The van der Waals surface area contributed by atoms with Crippen LogP contribution in [0.2, 0.25) is 0 Å². The van der Waals surface area contributed by atoms with E-state index in [0.29, 0.717) is 17.2 Å². The zero-order valence-electron chi connectivity index (χ0n) is 17.2. The summed E-state index contributed by atoms with van der Waals surface area (Å²) in [5.74, 6) is -2.51. The van der Waals surface area contributed by atoms with E-state index in [-0.39, 0.29) is 11.7 Å². The second kappa shape index (κ2) is 12.0. The fourth-order valence-corrected chi connectivity index (χ4v) is 3.20. The number of hydrogen-bond acceptors (Lipinski definition) is 3. The first-order valence-electron chi connectivity index (χ1n) is 10.1. The van der Waals surface area contributed by atoms with Crippen molar-refractivity contribution in [2.24, 2.45) is 5.92 Å². The molecule has 0 atom stereocenters. The van der Waals surface area contributed by atoms with Crippen LogP contribution in [0.25, 0.3) is 17.3 Å². The molecular formula is C23H24F4N2O3. The van der Waals surface area contributed by atoms with Gasteiger partial charge in [0.15, 0.2) is 0 Å². The molecule has 1 aliphatic carbocycles. The van der Waals surface area contributed by atoms with E-state index in [1.165, 1.54) is 44.2 Å². The third kappa shape index (κ3) is 8.49. The molecule has 1 heterocycles. The fraction of sp³-hybridized carbons (Fsp3) is 0.348. The molecule has 3 rings (SSSR count). The summed E-state index contributed by atoms with van der Waals surface area (Å²) < 4.78 is 45.5. The summed E-state index contributed by atoms with van der Waals surface area (Å²) in [6, 6.07) is 10.2. The van der Waals surface area contributed by atoms with Crippen LogP contribution >= 0.6 is 0 Å². The van der Waals surface area contributed by atoms with E-state index in [9.17, 15) is 22.4 Å². The Balaban J connectivity index is 0.000000451. The quantitative estimate of drug-likeness (QED) is 0.481. The average Bonchev–Trinajstić information content (AvgIpc) is 2.77. The standard InChI is InChI=1S/C21H23FN2O.C2HF3O2/c22-19-9-5-4-8-18(19)20-12-10-17(14-23-20)11-13-21(25)24-15-16-6-2-1-3-7-16;3-2(4,5)1(6)7/h4-5,8-14,16H,1-3,6-7,15H2,(H,24,25);(H,6,7)/b13-11+;. The van der Waals surface area contributed by atoms with E-state index in [1.807, 2.05) is 6.07 Å². The Hall–Kier alpha value is -3.23. The molecule has 1 aromatic carbocycles. The minimum absolute atomic E-state index is 0.0799. The van der Waals surface area contributed by atoms with Gasteiger partial charge in [-0.3, -0.25) is 9.78 Å². The largest absolute Gasteiger partial charge is 0.490 e. The minimum Gasteiger partial charge on any atom is -0.475 e. The smallest absolute Gasteiger partial charge is 0.475 e. The lowest BCUT2D eigenvalue weighted by atomic mass is 9.89. The van der Waals surface area contributed by atoms with Crippen LogP contribution in [0.3, 0.4) is 0 Å². The molecule has 0 bridgehead atoms. The van der Waals surface area contributed by atoms with Crippen LogP contribution in [0.1, 0.15) is 37.7 Å². The van der Waals surface area contributed by atoms with Crippen molar-refractivity contribution in [3.05, 3.63) is 60.1 Å². The highest BCUT2D eigenvalue weighted by Crippen LogP contribution is 2.23. The molecule has 9 heteroatoms. The van der Waals surface area contributed by atoms with Gasteiger partial charge in [0.05, 0.1) is 5.69 Å². The number of hydrogen-bond donors (Lipinski definition) is 2. The summed E-state index contributed by atoms with van der Waals surface area (Å²) in [5, 5.41) is 10.1. The van der Waals surface area contributed by atoms with Gasteiger partial charge in [0.2, 0.25) is 5.91 Å². The molecule has 2 N–H and O–H groups in total. The second-order valence-electron chi connectivity index (χ2n) is 7.34. The summed E-state index contributed by atoms with van der Waals surface area (Å²) in [5.41, 5.74) is 1.87. The molecule has 32 heavy (non-hydrogen) atoms. The average molecular weight is 452 g/mol. The molecule has 0 unspecified atom stereocenters. The predicted octanol–water partition coefficient (Wildman–Crippen LogP) is 5.23. The number of halogens is 4. The van der Waals surface area contributed by atoms with Crippen molar-refractivity contribution in [3.8, 4) is 11.3 Å². The van der Waals surface area contributed by atoms with Gasteiger partial charge in [0.25, 0.3) is 0 Å². The molecule has 172 valence electrons. The number of benzene rings is 1. The molecule has 1 fully saturated rings. The normalized spacial score (nSPS) is 14.5. The van der Waals surface area contributed by atoms with Crippen molar-refractivity contribution in [2.45, 2.75) is 38.3 Å². The van der Waals surface area contributed by atoms with Gasteiger partial charge in [-0.15, -0.1) is 0 Å². The number of pyridine rings is 1. The Morgan fingerprint density at radius 3 is 2.31 bits per heavy atom. The number of carboxylic acids is 1. The van der Waals surface area contributed by atoms with Gasteiger partial charge >= 0.3 is 12.1 Å². The Morgan fingerprint density at radius 2 is 1.75 bits per heavy atom. The molecule has 1 amide bonds. The summed E-state index contributed by atoms with van der Waals surface area (Å²) in [6.07, 6.45) is 6.12. The zero-order chi connectivity index (χ0) is 23.6. The van der Waals surface area contributed by atoms with E-state index in [4.69, 9.17) is 9.90 Å². The zero-order valence-corrected chi connectivity index (χ0v) is 17.2. The van der Waals surface area contributed by atoms with Crippen LogP contribution in [0.15, 0.2) is 48.7 Å². The van der Waals surface area contributed by atoms with E-state index >= 15 is 0 Å². The lowest BCUT2D eigenvalue weighted by molar-refractivity contribution is -0.192. The number of aromatic nitrogens is 1. The van der Waals surface area contributed by atoms with Gasteiger partial charge in [-0.2, -0.15) is 13.2 Å². The molecular weight excluding hydrogens is 428 g/mol. The Labute approximate surface area is 183 Å². The van der Waals surface area contributed by atoms with Crippen molar-refractivity contribution in [1.82, 2.24) is 10.3 Å². The third-order valence-electron chi connectivity index (χ3n) is 4.90. The lowest BCUT2D eigenvalue weighted by Crippen LogP contribution is -2.28. The highest BCUT2D eigenvalue weighted by atomic mass is 19.4. The molecule has 1 aromatic heterocycles. The highest BCUT2D eigenvalue weighted by molar-refractivity contribution is 5.91. The maximum absolute atomic E-state index is 13.8. The number of carbonyl (C=O) groups is 2. The molecule has 0 radical (unpaired) electrons. The Morgan fingerprint density at radius 1 is 1.09 bits per heavy atom. The van der Waals surface area contributed by atoms with E-state index < -0.39 is 12.1 Å². The number of nitrogens with zero attached hydrogens (tertiary/aromatic N) is 1. The van der Waals surface area contributed by atoms with Crippen LogP contribution in [0.4, 0.5) is 17.6 Å². The van der Waals surface area contributed by atoms with Crippen molar-refractivity contribution < 1.29 is 32.3 Å². The van der Waals surface area contributed by atoms with Crippen molar-refractivity contribution in [1.29, 1.82) is 0 Å². The summed E-state index contributed by atoms with van der Waals surface area (Å²) >= 11 is 0. The van der Waals surface area contributed by atoms with Gasteiger partial charge in [-0.05, 0) is 48.6 Å². The SMILES string of the molecule is O=C(/C=C/c1ccc(-c2ccccc2F)nc1)NCC1CCCCC1.O=C(O)C(F)(F)F. The number of alkyl halides is 3. The molecule has 1 saturated carbocycles. The first kappa shape index (κ1) is 25.0. The van der Waals surface area contributed by atoms with Crippen molar-refractivity contribution >= 4 is 18.0 Å². The third-order valence-corrected chi connectivity index (χ3v) is 4.90. The van der Waals surface area contributed by atoms with Gasteiger partial charge in [0, 0.05) is 24.4 Å². The summed E-state index contributed by atoms with van der Waals surface area (Å²) in [4.78, 5) is 25.1. The van der Waals surface area contributed by atoms with Crippen LogP contribution in [-0.4, -0.2) is 34.7 Å². The molecule has 0 aliphatic heterocycles. The van der Waals surface area contributed by atoms with Gasteiger partial charge in [-0.1, -0.05) is 37.5 Å². The lowest BCUT2D eigenvalue weighted by Gasteiger charge is -2.21. The molecule has 0 saturated heterocycles. The second-order valence-corrected chi connectivity index (χ2v) is 7.34. The number of amides is 1. The number of rotatable bonds is 5. The number of aliphatic carboxylic acids is 1.